The van der Waals surface area contributed by atoms with Gasteiger partial charge < -0.3 is 14.4 Å². The number of benzene rings is 1. The summed E-state index contributed by atoms with van der Waals surface area (Å²) in [4.78, 5) is 19.7. The third kappa shape index (κ3) is 4.22. The molecule has 1 aromatic carbocycles. The molecular weight excluding hydrogens is 416 g/mol. The van der Waals surface area contributed by atoms with Crippen molar-refractivity contribution in [3.8, 4) is 5.69 Å². The second-order valence-electron chi connectivity index (χ2n) is 9.03. The summed E-state index contributed by atoms with van der Waals surface area (Å²) in [6.07, 6.45) is 6.81. The Balaban J connectivity index is 1.63. The van der Waals surface area contributed by atoms with E-state index in [1.165, 1.54) is 13.5 Å². The van der Waals surface area contributed by atoms with Crippen molar-refractivity contribution in [3.05, 3.63) is 47.8 Å². The van der Waals surface area contributed by atoms with E-state index in [0.717, 1.165) is 79.9 Å². The van der Waals surface area contributed by atoms with Crippen LogP contribution in [0.4, 0.5) is 5.69 Å². The number of esters is 1. The van der Waals surface area contributed by atoms with Crippen LogP contribution >= 0.6 is 0 Å². The van der Waals surface area contributed by atoms with Gasteiger partial charge in [0.15, 0.2) is 11.3 Å². The lowest BCUT2D eigenvalue weighted by Gasteiger charge is -2.34. The predicted molar refractivity (Wildman–Crippen MR) is 128 cm³/mol. The molecule has 0 bridgehead atoms. The highest BCUT2D eigenvalue weighted by Crippen LogP contribution is 2.43. The molecule has 0 unspecified atom stereocenters. The number of piperidine rings is 1. The maximum Gasteiger partial charge on any atom is 0.356 e. The fourth-order valence-corrected chi connectivity index (χ4v) is 4.85. The Morgan fingerprint density at radius 2 is 1.88 bits per heavy atom. The topological polar surface area (TPSA) is 69.5 Å². The molecule has 0 radical (unpaired) electrons. The number of para-hydroxylation sites is 1. The van der Waals surface area contributed by atoms with Gasteiger partial charge in [-0.2, -0.15) is 5.10 Å². The fourth-order valence-electron chi connectivity index (χ4n) is 4.85. The van der Waals surface area contributed by atoms with Crippen LogP contribution in [0.3, 0.4) is 0 Å². The first-order valence-corrected chi connectivity index (χ1v) is 12.1. The third-order valence-electron chi connectivity index (χ3n) is 6.87. The lowest BCUT2D eigenvalue weighted by atomic mass is 9.82. The minimum absolute atomic E-state index is 0.303. The van der Waals surface area contributed by atoms with Crippen LogP contribution in [0.15, 0.2) is 36.4 Å². The van der Waals surface area contributed by atoms with E-state index in [1.54, 1.807) is 0 Å². The van der Waals surface area contributed by atoms with E-state index < -0.39 is 5.97 Å². The Kier molecular flexibility index (Phi) is 6.31. The van der Waals surface area contributed by atoms with Crippen molar-refractivity contribution in [2.75, 3.05) is 31.7 Å². The van der Waals surface area contributed by atoms with Gasteiger partial charge in [-0.1, -0.05) is 31.5 Å². The van der Waals surface area contributed by atoms with Crippen molar-refractivity contribution in [2.24, 2.45) is 0 Å². The lowest BCUT2D eigenvalue weighted by molar-refractivity contribution is 0.0375. The molecule has 0 atom stereocenters. The Bertz CT molecular complexity index is 1120. The summed E-state index contributed by atoms with van der Waals surface area (Å²) in [6, 6.07) is 11.9. The zero-order chi connectivity index (χ0) is 22.8. The minimum atomic E-state index is -0.426. The fraction of sp³-hybridized carbons (Fsp3) is 0.500. The average Bonchev–Trinajstić information content (AvgIpc) is 3.20. The standard InChI is InChI=1S/C26H32N4O3/c1-3-16-33-20-12-14-29(15-13-20)22-17-21(26(31)32-2)27-25-23(22)24(18-8-7-9-18)28-30(25)19-10-5-4-6-11-19/h4-6,10-11,17-18,20H,3,7-9,12-16H2,1-2H3. The summed E-state index contributed by atoms with van der Waals surface area (Å²) >= 11 is 0. The normalized spacial score (nSPS) is 17.3. The summed E-state index contributed by atoms with van der Waals surface area (Å²) in [5, 5.41) is 6.14. The van der Waals surface area contributed by atoms with E-state index in [4.69, 9.17) is 19.6 Å². The van der Waals surface area contributed by atoms with Crippen molar-refractivity contribution in [3.63, 3.8) is 0 Å². The van der Waals surface area contributed by atoms with Gasteiger partial charge in [-0.25, -0.2) is 14.5 Å². The predicted octanol–water partition coefficient (Wildman–Crippen LogP) is 4.87. The van der Waals surface area contributed by atoms with Crippen LogP contribution in [0.5, 0.6) is 0 Å². The van der Waals surface area contributed by atoms with E-state index in [0.29, 0.717) is 17.7 Å². The molecule has 0 spiro atoms. The number of carbonyl (C=O) groups is 1. The number of nitrogens with zero attached hydrogens (tertiary/aromatic N) is 4. The van der Waals surface area contributed by atoms with E-state index >= 15 is 0 Å². The van der Waals surface area contributed by atoms with Gasteiger partial charge in [0.2, 0.25) is 0 Å². The average molecular weight is 449 g/mol. The number of ether oxygens (including phenoxy) is 2. The van der Waals surface area contributed by atoms with Crippen molar-refractivity contribution >= 4 is 22.7 Å². The quantitative estimate of drug-likeness (QED) is 0.480. The molecule has 7 nitrogen and oxygen atoms in total. The second kappa shape index (κ2) is 9.51. The van der Waals surface area contributed by atoms with Gasteiger partial charge >= 0.3 is 5.97 Å². The summed E-state index contributed by atoms with van der Waals surface area (Å²) in [6.45, 7) is 4.72. The molecule has 33 heavy (non-hydrogen) atoms. The lowest BCUT2D eigenvalue weighted by Crippen LogP contribution is -2.37. The number of fused-ring (bicyclic) bond motifs is 1. The second-order valence-corrected chi connectivity index (χ2v) is 9.03. The van der Waals surface area contributed by atoms with Crippen molar-refractivity contribution in [1.82, 2.24) is 14.8 Å². The van der Waals surface area contributed by atoms with Gasteiger partial charge in [-0.3, -0.25) is 0 Å². The molecule has 174 valence electrons. The third-order valence-corrected chi connectivity index (χ3v) is 6.87. The van der Waals surface area contributed by atoms with Gasteiger partial charge in [0, 0.05) is 25.6 Å². The van der Waals surface area contributed by atoms with Crippen molar-refractivity contribution in [2.45, 2.75) is 57.5 Å². The largest absolute Gasteiger partial charge is 0.464 e. The highest BCUT2D eigenvalue weighted by atomic mass is 16.5. The molecule has 3 heterocycles. The number of aromatic nitrogens is 3. The number of rotatable bonds is 7. The summed E-state index contributed by atoms with van der Waals surface area (Å²) < 4.78 is 13.0. The van der Waals surface area contributed by atoms with Crippen LogP contribution < -0.4 is 4.90 Å². The van der Waals surface area contributed by atoms with Crippen molar-refractivity contribution < 1.29 is 14.3 Å². The van der Waals surface area contributed by atoms with Gasteiger partial charge in [-0.15, -0.1) is 0 Å². The van der Waals surface area contributed by atoms with Gasteiger partial charge in [0.25, 0.3) is 0 Å². The first-order valence-electron chi connectivity index (χ1n) is 12.1. The van der Waals surface area contributed by atoms with E-state index in [1.807, 2.05) is 41.1 Å². The van der Waals surface area contributed by atoms with Crippen LogP contribution in [0.25, 0.3) is 16.7 Å². The number of pyridine rings is 1. The van der Waals surface area contributed by atoms with Crippen LogP contribution in [-0.4, -0.2) is 53.6 Å². The maximum atomic E-state index is 12.6. The van der Waals surface area contributed by atoms with Crippen LogP contribution in [0.1, 0.15) is 67.5 Å². The van der Waals surface area contributed by atoms with Crippen LogP contribution in [0, 0.1) is 0 Å². The van der Waals surface area contributed by atoms with Crippen LogP contribution in [0.2, 0.25) is 0 Å². The molecule has 0 N–H and O–H groups in total. The molecule has 2 aliphatic rings. The molecule has 1 saturated carbocycles. The molecule has 3 aromatic rings. The Morgan fingerprint density at radius 1 is 1.12 bits per heavy atom. The molecule has 2 aromatic heterocycles. The zero-order valence-corrected chi connectivity index (χ0v) is 19.5. The maximum absolute atomic E-state index is 12.6. The monoisotopic (exact) mass is 448 g/mol. The first-order chi connectivity index (χ1) is 16.2. The summed E-state index contributed by atoms with van der Waals surface area (Å²) in [7, 11) is 1.40. The van der Waals surface area contributed by atoms with Crippen LogP contribution in [-0.2, 0) is 9.47 Å². The number of anilines is 1. The zero-order valence-electron chi connectivity index (χ0n) is 19.5. The smallest absolute Gasteiger partial charge is 0.356 e. The molecule has 1 aliphatic carbocycles. The Hall–Kier alpha value is -2.93. The number of methoxy groups -OCH3 is 1. The molecular formula is C26H32N4O3. The molecule has 2 fully saturated rings. The summed E-state index contributed by atoms with van der Waals surface area (Å²) in [5.41, 5.74) is 4.13. The van der Waals surface area contributed by atoms with Gasteiger partial charge in [-0.05, 0) is 50.3 Å². The SMILES string of the molecule is CCCOC1CCN(c2cc(C(=O)OC)nc3c2c(C2CCC2)nn3-c2ccccc2)CC1. The van der Waals surface area contributed by atoms with E-state index in [-0.39, 0.29) is 0 Å². The molecule has 1 aliphatic heterocycles. The molecule has 1 saturated heterocycles. The molecule has 0 amide bonds. The van der Waals surface area contributed by atoms with E-state index in [2.05, 4.69) is 11.8 Å². The Morgan fingerprint density at radius 3 is 2.52 bits per heavy atom. The van der Waals surface area contributed by atoms with Gasteiger partial charge in [0.05, 0.1) is 35.7 Å². The highest BCUT2D eigenvalue weighted by Gasteiger charge is 2.31. The summed E-state index contributed by atoms with van der Waals surface area (Å²) in [5.74, 6) is 0.0118. The Labute approximate surface area is 194 Å². The highest BCUT2D eigenvalue weighted by molar-refractivity contribution is 5.99. The molecule has 7 heteroatoms. The number of hydrogen-bond acceptors (Lipinski definition) is 6. The van der Waals surface area contributed by atoms with E-state index in [9.17, 15) is 4.79 Å². The number of hydrogen-bond donors (Lipinski definition) is 0. The molecule has 5 rings (SSSR count). The minimum Gasteiger partial charge on any atom is -0.464 e. The number of carbonyl (C=O) groups excluding carboxylic acids is 1. The van der Waals surface area contributed by atoms with Gasteiger partial charge in [0.1, 0.15) is 0 Å². The first kappa shape index (κ1) is 21.9. The van der Waals surface area contributed by atoms with Crippen molar-refractivity contribution in [1.29, 1.82) is 0 Å².